The number of imide groups is 1. The first kappa shape index (κ1) is 12.9. The molecule has 2 amide bonds. The van der Waals surface area contributed by atoms with Gasteiger partial charge in [-0.15, -0.1) is 0 Å². The summed E-state index contributed by atoms with van der Waals surface area (Å²) in [6.07, 6.45) is -0.495. The van der Waals surface area contributed by atoms with Gasteiger partial charge < -0.3 is 5.11 Å². The summed E-state index contributed by atoms with van der Waals surface area (Å²) in [7, 11) is 0. The van der Waals surface area contributed by atoms with Crippen LogP contribution in [0.5, 0.6) is 0 Å². The minimum Gasteiger partial charge on any atom is -0.481 e. The number of ketones is 1. The molecule has 0 fully saturated rings. The number of nitrogens with zero attached hydrogens (tertiary/aromatic N) is 1. The van der Waals surface area contributed by atoms with Crippen LogP contribution in [-0.2, 0) is 9.59 Å². The lowest BCUT2D eigenvalue weighted by Crippen LogP contribution is -2.35. The van der Waals surface area contributed by atoms with Crippen LogP contribution in [0.2, 0.25) is 0 Å². The zero-order valence-corrected chi connectivity index (χ0v) is 9.96. The van der Waals surface area contributed by atoms with Gasteiger partial charge in [0, 0.05) is 6.42 Å². The molecule has 0 atom stereocenters. The summed E-state index contributed by atoms with van der Waals surface area (Å²) < 4.78 is 0. The van der Waals surface area contributed by atoms with Gasteiger partial charge in [-0.2, -0.15) is 0 Å². The second-order valence-electron chi connectivity index (χ2n) is 4.17. The number of carboxylic acid groups (broad SMARTS) is 1. The Kier molecular flexibility index (Phi) is 3.41. The third-order valence-corrected chi connectivity index (χ3v) is 2.83. The standard InChI is InChI=1S/C13H11NO5/c15-8(5-6-11(16)17)7-14-12(18)9-3-1-2-4-10(9)13(14)19/h1-4H,5-7H2,(H,16,17). The number of carbonyl (C=O) groups excluding carboxylic acids is 3. The van der Waals surface area contributed by atoms with Crippen LogP contribution in [0.15, 0.2) is 24.3 Å². The van der Waals surface area contributed by atoms with E-state index in [4.69, 9.17) is 5.11 Å². The van der Waals surface area contributed by atoms with Crippen LogP contribution >= 0.6 is 0 Å². The van der Waals surface area contributed by atoms with Crippen LogP contribution in [0.3, 0.4) is 0 Å². The summed E-state index contributed by atoms with van der Waals surface area (Å²) in [6.45, 7) is -0.375. The summed E-state index contributed by atoms with van der Waals surface area (Å²) in [6, 6.07) is 6.33. The van der Waals surface area contributed by atoms with Crippen LogP contribution < -0.4 is 0 Å². The highest BCUT2D eigenvalue weighted by molar-refractivity contribution is 6.22. The molecule has 1 aromatic rings. The number of rotatable bonds is 5. The molecular formula is C13H11NO5. The molecule has 6 heteroatoms. The third-order valence-electron chi connectivity index (χ3n) is 2.83. The number of amides is 2. The molecular weight excluding hydrogens is 250 g/mol. The molecule has 98 valence electrons. The van der Waals surface area contributed by atoms with E-state index in [0.717, 1.165) is 4.90 Å². The molecule has 0 aromatic heterocycles. The maximum atomic E-state index is 11.9. The predicted molar refractivity (Wildman–Crippen MR) is 63.7 cm³/mol. The van der Waals surface area contributed by atoms with Gasteiger partial charge in [-0.25, -0.2) is 0 Å². The average molecular weight is 261 g/mol. The van der Waals surface area contributed by atoms with Crippen molar-refractivity contribution in [3.05, 3.63) is 35.4 Å². The lowest BCUT2D eigenvalue weighted by molar-refractivity contribution is -0.138. The number of carbonyl (C=O) groups is 4. The summed E-state index contributed by atoms with van der Waals surface area (Å²) in [4.78, 5) is 46.6. The highest BCUT2D eigenvalue weighted by Crippen LogP contribution is 2.22. The van der Waals surface area contributed by atoms with Crippen molar-refractivity contribution in [2.75, 3.05) is 6.54 Å². The van der Waals surface area contributed by atoms with Crippen molar-refractivity contribution in [3.63, 3.8) is 0 Å². The fourth-order valence-electron chi connectivity index (χ4n) is 1.88. The largest absolute Gasteiger partial charge is 0.481 e. The predicted octanol–water partition coefficient (Wildman–Crippen LogP) is 0.716. The van der Waals surface area contributed by atoms with E-state index in [1.54, 1.807) is 12.1 Å². The van der Waals surface area contributed by atoms with E-state index in [2.05, 4.69) is 0 Å². The maximum absolute atomic E-state index is 11.9. The van der Waals surface area contributed by atoms with Crippen molar-refractivity contribution in [3.8, 4) is 0 Å². The summed E-state index contributed by atoms with van der Waals surface area (Å²) in [5.41, 5.74) is 0.553. The number of aliphatic carboxylic acids is 1. The minimum atomic E-state index is -1.09. The lowest BCUT2D eigenvalue weighted by Gasteiger charge is -2.12. The third kappa shape index (κ3) is 2.52. The van der Waals surface area contributed by atoms with Crippen molar-refractivity contribution in [2.24, 2.45) is 0 Å². The normalized spacial score (nSPS) is 13.6. The Hall–Kier alpha value is -2.50. The first-order valence-corrected chi connectivity index (χ1v) is 5.69. The van der Waals surface area contributed by atoms with E-state index in [1.807, 2.05) is 0 Å². The zero-order chi connectivity index (χ0) is 14.0. The van der Waals surface area contributed by atoms with Crippen LogP contribution in [0.1, 0.15) is 33.6 Å². The summed E-state index contributed by atoms with van der Waals surface area (Å²) in [5, 5.41) is 8.47. The van der Waals surface area contributed by atoms with Gasteiger partial charge in [-0.3, -0.25) is 24.1 Å². The monoisotopic (exact) mass is 261 g/mol. The molecule has 1 heterocycles. The smallest absolute Gasteiger partial charge is 0.303 e. The van der Waals surface area contributed by atoms with Gasteiger partial charge in [0.2, 0.25) is 0 Å². The molecule has 0 unspecified atom stereocenters. The topological polar surface area (TPSA) is 91.8 Å². The molecule has 19 heavy (non-hydrogen) atoms. The van der Waals surface area contributed by atoms with E-state index in [1.165, 1.54) is 12.1 Å². The van der Waals surface area contributed by atoms with E-state index in [9.17, 15) is 19.2 Å². The Morgan fingerprint density at radius 3 is 2.00 bits per heavy atom. The molecule has 1 aliphatic rings. The quantitative estimate of drug-likeness (QED) is 0.788. The summed E-state index contributed by atoms with van der Waals surface area (Å²) in [5.74, 6) is -2.55. The molecule has 1 aliphatic heterocycles. The van der Waals surface area contributed by atoms with Gasteiger partial charge in [-0.1, -0.05) is 12.1 Å². The maximum Gasteiger partial charge on any atom is 0.303 e. The first-order valence-electron chi connectivity index (χ1n) is 5.69. The Balaban J connectivity index is 2.08. The van der Waals surface area contributed by atoms with Gasteiger partial charge >= 0.3 is 5.97 Å². The van der Waals surface area contributed by atoms with Crippen LogP contribution in [0, 0.1) is 0 Å². The Morgan fingerprint density at radius 1 is 1.00 bits per heavy atom. The van der Waals surface area contributed by atoms with Gasteiger partial charge in [0.05, 0.1) is 24.1 Å². The van der Waals surface area contributed by atoms with Crippen molar-refractivity contribution in [1.29, 1.82) is 0 Å². The highest BCUT2D eigenvalue weighted by atomic mass is 16.4. The average Bonchev–Trinajstić information content (AvgIpc) is 2.62. The van der Waals surface area contributed by atoms with E-state index >= 15 is 0 Å². The number of carboxylic acids is 1. The SMILES string of the molecule is O=C(O)CCC(=O)CN1C(=O)c2ccccc2C1=O. The number of fused-ring (bicyclic) bond motifs is 1. The van der Waals surface area contributed by atoms with E-state index < -0.39 is 23.6 Å². The number of benzene rings is 1. The van der Waals surface area contributed by atoms with Crippen molar-refractivity contribution in [1.82, 2.24) is 4.90 Å². The second-order valence-corrected chi connectivity index (χ2v) is 4.17. The second kappa shape index (κ2) is 5.01. The Morgan fingerprint density at radius 2 is 1.53 bits per heavy atom. The molecule has 2 rings (SSSR count). The molecule has 0 bridgehead atoms. The summed E-state index contributed by atoms with van der Waals surface area (Å²) >= 11 is 0. The van der Waals surface area contributed by atoms with E-state index in [0.29, 0.717) is 0 Å². The van der Waals surface area contributed by atoms with Crippen molar-refractivity contribution >= 4 is 23.6 Å². The van der Waals surface area contributed by atoms with Gasteiger partial charge in [0.25, 0.3) is 11.8 Å². The Bertz CT molecular complexity index is 543. The molecule has 1 aromatic carbocycles. The van der Waals surface area contributed by atoms with Crippen LogP contribution in [0.4, 0.5) is 0 Å². The number of hydrogen-bond acceptors (Lipinski definition) is 4. The van der Waals surface area contributed by atoms with Crippen molar-refractivity contribution in [2.45, 2.75) is 12.8 Å². The van der Waals surface area contributed by atoms with Crippen molar-refractivity contribution < 1.29 is 24.3 Å². The number of Topliss-reactive ketones (excluding diaryl/α,β-unsaturated/α-hetero) is 1. The minimum absolute atomic E-state index is 0.192. The first-order chi connectivity index (χ1) is 9.00. The molecule has 0 saturated carbocycles. The van der Waals surface area contributed by atoms with Gasteiger partial charge in [0.15, 0.2) is 5.78 Å². The molecule has 0 aliphatic carbocycles. The molecule has 0 radical (unpaired) electrons. The number of hydrogen-bond donors (Lipinski definition) is 1. The fraction of sp³-hybridized carbons (Fsp3) is 0.231. The molecule has 0 spiro atoms. The highest BCUT2D eigenvalue weighted by Gasteiger charge is 2.35. The van der Waals surface area contributed by atoms with Crippen LogP contribution in [-0.4, -0.2) is 40.1 Å². The molecule has 0 saturated heterocycles. The van der Waals surface area contributed by atoms with E-state index in [-0.39, 0.29) is 30.5 Å². The zero-order valence-electron chi connectivity index (χ0n) is 9.96. The van der Waals surface area contributed by atoms with Gasteiger partial charge in [0.1, 0.15) is 0 Å². The van der Waals surface area contributed by atoms with Gasteiger partial charge in [-0.05, 0) is 12.1 Å². The lowest BCUT2D eigenvalue weighted by atomic mass is 10.1. The molecule has 1 N–H and O–H groups in total. The Labute approximate surface area is 108 Å². The molecule has 6 nitrogen and oxygen atoms in total. The fourth-order valence-corrected chi connectivity index (χ4v) is 1.88. The van der Waals surface area contributed by atoms with Crippen LogP contribution in [0.25, 0.3) is 0 Å².